The SMILES string of the molecule is O=P(O)(O)OP(=O)(O)OP(=O)(O)OP(=O)(O)OP(=O)(O)OP(=O)(O)OP(=O)(O)OP(=O)(O)OP(=O)(O)OP(=O)(O)OP(=O)(O)O. The fourth-order valence-corrected chi connectivity index (χ4v) is 15.4. The number of hydrogen-bond acceptors (Lipinski definition) is 21. The summed E-state index contributed by atoms with van der Waals surface area (Å²) in [7, 11) is -72.2. The minimum absolute atomic E-state index is 3.00. The van der Waals surface area contributed by atoms with Crippen molar-refractivity contribution >= 4 is 86.0 Å². The Labute approximate surface area is 243 Å². The quantitative estimate of drug-likeness (QED) is 0.0728. The zero-order valence-electron chi connectivity index (χ0n) is 19.3. The molecule has 0 fully saturated rings. The van der Waals surface area contributed by atoms with Crippen LogP contribution in [0.25, 0.3) is 0 Å². The first kappa shape index (κ1) is 46.6. The first-order valence-corrected chi connectivity index (χ1v) is 24.8. The Bertz CT molecular complexity index is 1500. The molecule has 0 spiro atoms. The lowest BCUT2D eigenvalue weighted by atomic mass is 15.7. The monoisotopic (exact) mass is 898 g/mol. The summed E-state index contributed by atoms with van der Waals surface area (Å²) in [6, 6.07) is 0. The normalized spacial score (nSPS) is 25.4. The Hall–Kier alpha value is 1.61. The average Bonchev–Trinajstić information content (AvgIpc) is 2.45. The third kappa shape index (κ3) is 22.9. The molecule has 0 aliphatic heterocycles. The lowest BCUT2D eigenvalue weighted by Gasteiger charge is -2.21. The van der Waals surface area contributed by atoms with Crippen LogP contribution in [0.4, 0.5) is 0 Å². The summed E-state index contributed by atoms with van der Waals surface area (Å²) in [5.74, 6) is 0. The molecule has 0 aromatic rings. The molecule has 0 heterocycles. The van der Waals surface area contributed by atoms with E-state index >= 15 is 0 Å². The molecule has 8 unspecified atom stereocenters. The lowest BCUT2D eigenvalue weighted by molar-refractivity contribution is 0.181. The third-order valence-corrected chi connectivity index (χ3v) is 18.6. The molecule has 272 valence electrons. The zero-order chi connectivity index (χ0) is 36.6. The van der Waals surface area contributed by atoms with Crippen molar-refractivity contribution in [2.45, 2.75) is 0 Å². The molecule has 0 aliphatic carbocycles. The van der Waals surface area contributed by atoms with E-state index in [4.69, 9.17) is 39.1 Å². The van der Waals surface area contributed by atoms with Gasteiger partial charge in [-0.05, 0) is 0 Å². The van der Waals surface area contributed by atoms with E-state index in [-0.39, 0.29) is 0 Å². The van der Waals surface area contributed by atoms with Crippen LogP contribution in [-0.4, -0.2) is 63.6 Å². The molecule has 34 nitrogen and oxygen atoms in total. The molecule has 0 aromatic heterocycles. The molecule has 0 saturated carbocycles. The molecular weight excluding hydrogens is 885 g/mol. The number of rotatable bonds is 20. The van der Waals surface area contributed by atoms with Crippen LogP contribution in [0.1, 0.15) is 0 Å². The first-order chi connectivity index (χ1) is 19.1. The molecule has 45 heavy (non-hydrogen) atoms. The standard InChI is InChI=1S/H13O34P11/c1-35(2,3)25-37(7,8)27-39(11,12)29-41(15,16)31-43(19,20)33-45(23,24)34-44(21,22)32-42(17,18)30-40(13,14)28-38(9,10)26-36(4,5)6/h(H,7,8)(H,9,10)(H,11,12)(H,13,14)(H,15,16)(H,17,18)(H,19,20)(H,21,22)(H,23,24)(H2,1,2,3)(H2,4,5,6). The Balaban J connectivity index is 5.63. The highest BCUT2D eigenvalue weighted by atomic mass is 31.3. The lowest BCUT2D eigenvalue weighted by Crippen LogP contribution is -2.01. The Morgan fingerprint density at radius 3 is 0.378 bits per heavy atom. The number of phosphoric acid groups is 11. The van der Waals surface area contributed by atoms with Gasteiger partial charge in [-0.25, -0.2) is 50.2 Å². The topological polar surface area (TPSA) is 543 Å². The second kappa shape index (κ2) is 15.1. The molecular formula is H13O34P11. The molecule has 0 radical (unpaired) electrons. The highest BCUT2D eigenvalue weighted by Gasteiger charge is 2.52. The van der Waals surface area contributed by atoms with E-state index in [0.29, 0.717) is 0 Å². The summed E-state index contributed by atoms with van der Waals surface area (Å²) in [6.45, 7) is 0. The van der Waals surface area contributed by atoms with Crippen LogP contribution in [0.2, 0.25) is 0 Å². The molecule has 0 rings (SSSR count). The predicted octanol–water partition coefficient (Wildman–Crippen LogP) is 0.241. The second-order valence-electron chi connectivity index (χ2n) is 6.01. The summed E-state index contributed by atoms with van der Waals surface area (Å²) >= 11 is 0. The van der Waals surface area contributed by atoms with Crippen LogP contribution in [0.3, 0.4) is 0 Å². The van der Waals surface area contributed by atoms with Crippen LogP contribution in [0.5, 0.6) is 0 Å². The fourth-order valence-electron chi connectivity index (χ4n) is 1.45. The van der Waals surface area contributed by atoms with Crippen LogP contribution in [0.15, 0.2) is 0 Å². The van der Waals surface area contributed by atoms with Crippen LogP contribution in [-0.2, 0) is 93.3 Å². The van der Waals surface area contributed by atoms with Crippen molar-refractivity contribution in [2.24, 2.45) is 0 Å². The van der Waals surface area contributed by atoms with Crippen molar-refractivity contribution in [2.75, 3.05) is 0 Å². The maximum Gasteiger partial charge on any atom is 0.490 e. The van der Waals surface area contributed by atoms with E-state index in [0.717, 1.165) is 0 Å². The molecule has 0 bridgehead atoms. The molecule has 0 amide bonds. The molecule has 13 N–H and O–H groups in total. The van der Waals surface area contributed by atoms with Gasteiger partial charge in [0.25, 0.3) is 0 Å². The van der Waals surface area contributed by atoms with Crippen molar-refractivity contribution in [1.82, 2.24) is 0 Å². The van der Waals surface area contributed by atoms with Gasteiger partial charge in [0.05, 0.1) is 0 Å². The van der Waals surface area contributed by atoms with Gasteiger partial charge < -0.3 is 63.6 Å². The highest BCUT2D eigenvalue weighted by Crippen LogP contribution is 2.78. The largest absolute Gasteiger partial charge is 0.490 e. The van der Waals surface area contributed by atoms with Gasteiger partial charge in [0.1, 0.15) is 0 Å². The highest BCUT2D eigenvalue weighted by molar-refractivity contribution is 7.75. The number of hydrogen-bond donors (Lipinski definition) is 13. The smallest absolute Gasteiger partial charge is 0.302 e. The maximum atomic E-state index is 11.7. The van der Waals surface area contributed by atoms with Crippen LogP contribution >= 0.6 is 86.0 Å². The summed E-state index contributed by atoms with van der Waals surface area (Å²) in [5, 5.41) is 0. The van der Waals surface area contributed by atoms with Crippen LogP contribution in [0, 0.1) is 0 Å². The van der Waals surface area contributed by atoms with Gasteiger partial charge in [-0.1, -0.05) is 0 Å². The summed E-state index contributed by atoms with van der Waals surface area (Å²) in [6.07, 6.45) is 0. The van der Waals surface area contributed by atoms with Crippen molar-refractivity contribution in [3.05, 3.63) is 0 Å². The van der Waals surface area contributed by atoms with Gasteiger partial charge in [0.15, 0.2) is 0 Å². The molecule has 0 saturated heterocycles. The van der Waals surface area contributed by atoms with Crippen molar-refractivity contribution < 1.29 is 157 Å². The summed E-state index contributed by atoms with van der Waals surface area (Å²) in [4.78, 5) is 115. The van der Waals surface area contributed by atoms with Gasteiger partial charge in [0.2, 0.25) is 0 Å². The molecule has 8 atom stereocenters. The van der Waals surface area contributed by atoms with E-state index in [1.807, 2.05) is 0 Å². The van der Waals surface area contributed by atoms with Gasteiger partial charge in [0, 0.05) is 0 Å². The van der Waals surface area contributed by atoms with Gasteiger partial charge in [-0.2, -0.15) is 43.1 Å². The minimum atomic E-state index is -6.88. The second-order valence-corrected chi connectivity index (χ2v) is 22.9. The van der Waals surface area contributed by atoms with E-state index in [9.17, 15) is 74.7 Å². The van der Waals surface area contributed by atoms with E-state index in [1.54, 1.807) is 0 Å². The predicted molar refractivity (Wildman–Crippen MR) is 123 cm³/mol. The van der Waals surface area contributed by atoms with E-state index in [2.05, 4.69) is 43.1 Å². The zero-order valence-corrected chi connectivity index (χ0v) is 29.1. The third-order valence-electron chi connectivity index (χ3n) is 2.07. The summed E-state index contributed by atoms with van der Waals surface area (Å²) < 4.78 is 156. The first-order valence-electron chi connectivity index (χ1n) is 8.26. The van der Waals surface area contributed by atoms with Crippen molar-refractivity contribution in [1.29, 1.82) is 0 Å². The Kier molecular flexibility index (Phi) is 15.6. The maximum absolute atomic E-state index is 11.7. The summed E-state index contributed by atoms with van der Waals surface area (Å²) in [5.41, 5.74) is 0. The van der Waals surface area contributed by atoms with Crippen molar-refractivity contribution in [3.8, 4) is 0 Å². The van der Waals surface area contributed by atoms with E-state index in [1.165, 1.54) is 0 Å². The van der Waals surface area contributed by atoms with Gasteiger partial charge >= 0.3 is 86.0 Å². The fraction of sp³-hybridized carbons (Fsp3) is 0. The Morgan fingerprint density at radius 1 is 0.200 bits per heavy atom. The molecule has 45 heteroatoms. The van der Waals surface area contributed by atoms with Crippen LogP contribution < -0.4 is 0 Å². The molecule has 0 aliphatic rings. The van der Waals surface area contributed by atoms with Gasteiger partial charge in [-0.15, -0.1) is 0 Å². The van der Waals surface area contributed by atoms with Crippen molar-refractivity contribution in [3.63, 3.8) is 0 Å². The molecule has 0 aromatic carbocycles. The van der Waals surface area contributed by atoms with Gasteiger partial charge in [-0.3, -0.25) is 0 Å². The Morgan fingerprint density at radius 2 is 0.289 bits per heavy atom. The average molecular weight is 898 g/mol. The van der Waals surface area contributed by atoms with E-state index < -0.39 is 86.0 Å². The minimum Gasteiger partial charge on any atom is -0.302 e.